The molecule has 0 amide bonds. The second kappa shape index (κ2) is 3.44. The Morgan fingerprint density at radius 2 is 1.45 bits per heavy atom. The second-order valence-electron chi connectivity index (χ2n) is 1.99. The molecular weight excluding hydrogens is 481 g/mol. The first-order valence-corrected chi connectivity index (χ1v) is 7.09. The van der Waals surface area contributed by atoms with E-state index < -0.39 is 21.0 Å². The molecule has 0 unspecified atom stereocenters. The summed E-state index contributed by atoms with van der Waals surface area (Å²) in [5.41, 5.74) is 2.25. The van der Waals surface area contributed by atoms with Crippen molar-refractivity contribution in [1.29, 1.82) is 0 Å². The van der Waals surface area contributed by atoms with Gasteiger partial charge in [-0.25, -0.2) is 0 Å². The van der Waals surface area contributed by atoms with Gasteiger partial charge in [-0.1, -0.05) is 0 Å². The molecule has 1 aromatic heterocycles. The molecule has 1 heterocycles. The summed E-state index contributed by atoms with van der Waals surface area (Å²) in [4.78, 5) is 0. The normalized spacial score (nSPS) is 10.7. The Bertz CT molecular complexity index is 362. The Morgan fingerprint density at radius 3 is 1.91 bits per heavy atom. The van der Waals surface area contributed by atoms with Crippen molar-refractivity contribution in [2.75, 3.05) is 0 Å². The van der Waals surface area contributed by atoms with Crippen LogP contribution in [0.1, 0.15) is 0 Å². The number of halogens is 2. The maximum absolute atomic E-state index is 4.41. The van der Waals surface area contributed by atoms with E-state index in [2.05, 4.69) is 63.7 Å². The topological polar surface area (TPSA) is 25.8 Å². The first-order valence-electron chi connectivity index (χ1n) is 2.85. The zero-order chi connectivity index (χ0) is 7.84. The van der Waals surface area contributed by atoms with Crippen molar-refractivity contribution in [2.24, 2.45) is 0 Å². The third-order valence-electron chi connectivity index (χ3n) is 1.32. The molecule has 0 spiro atoms. The number of hydrogen-bond donors (Lipinski definition) is 0. The summed E-state index contributed by atoms with van der Waals surface area (Å²) in [6, 6.07) is 4.19. The van der Waals surface area contributed by atoms with Crippen LogP contribution in [0.25, 0.3) is 11.0 Å². The third-order valence-corrected chi connectivity index (χ3v) is 4.57. The monoisotopic (exact) mass is 486 g/mol. The van der Waals surface area contributed by atoms with Crippen molar-refractivity contribution in [1.82, 2.24) is 6.41 Å². The summed E-state index contributed by atoms with van der Waals surface area (Å²) in [5.74, 6) is 0. The van der Waals surface area contributed by atoms with Crippen LogP contribution >= 0.6 is 45.2 Å². The van der Waals surface area contributed by atoms with Crippen molar-refractivity contribution in [3.05, 3.63) is 19.3 Å². The molecule has 0 radical (unpaired) electrons. The van der Waals surface area contributed by atoms with Gasteiger partial charge in [0, 0.05) is 0 Å². The third kappa shape index (κ3) is 1.57. The van der Waals surface area contributed by atoms with E-state index in [9.17, 15) is 0 Å². The number of aromatic nitrogens is 2. The summed E-state index contributed by atoms with van der Waals surface area (Å²) < 4.78 is 11.3. The summed E-state index contributed by atoms with van der Waals surface area (Å²) in [5, 5.41) is 0. The van der Waals surface area contributed by atoms with Crippen LogP contribution in [0.2, 0.25) is 0 Å². The van der Waals surface area contributed by atoms with Gasteiger partial charge in [0.25, 0.3) is 0 Å². The van der Waals surface area contributed by atoms with E-state index in [4.69, 9.17) is 0 Å². The first-order chi connectivity index (χ1) is 5.29. The molecule has 0 saturated carbocycles. The van der Waals surface area contributed by atoms with E-state index in [1.165, 1.54) is 7.14 Å². The summed E-state index contributed by atoms with van der Waals surface area (Å²) in [7, 11) is 0. The molecule has 2 rings (SSSR count). The van der Waals surface area contributed by atoms with E-state index in [1.807, 2.05) is 0 Å². The van der Waals surface area contributed by atoms with Gasteiger partial charge in [0.15, 0.2) is 0 Å². The Balaban J connectivity index is 2.96. The van der Waals surface area contributed by atoms with E-state index in [0.717, 1.165) is 11.0 Å². The first kappa shape index (κ1) is 8.66. The number of nitrogens with zero attached hydrogens (tertiary/aromatic N) is 2. The predicted octanol–water partition coefficient (Wildman–Crippen LogP) is 1.90. The molecule has 0 aliphatic heterocycles. The van der Waals surface area contributed by atoms with Gasteiger partial charge in [-0.3, -0.25) is 0 Å². The maximum atomic E-state index is 4.41. The molecule has 2 nitrogen and oxygen atoms in total. The zero-order valence-electron chi connectivity index (χ0n) is 5.21. The number of hydrogen-bond acceptors (Lipinski definition) is 2. The summed E-state index contributed by atoms with van der Waals surface area (Å²) in [6.45, 7) is 0. The minimum atomic E-state index is -0.441. The average Bonchev–Trinajstić information content (AvgIpc) is 2.45. The van der Waals surface area contributed by atoms with Crippen LogP contribution in [0.5, 0.6) is 0 Å². The van der Waals surface area contributed by atoms with Gasteiger partial charge in [0.05, 0.1) is 0 Å². The average molecular weight is 484 g/mol. The van der Waals surface area contributed by atoms with Crippen LogP contribution in [0.3, 0.4) is 0 Å². The van der Waals surface area contributed by atoms with Crippen molar-refractivity contribution < 1.29 is 0 Å². The molecule has 56 valence electrons. The quantitative estimate of drug-likeness (QED) is 0.423. The van der Waals surface area contributed by atoms with E-state index >= 15 is 0 Å². The molecule has 11 heavy (non-hydrogen) atoms. The molecule has 0 aliphatic rings. The standard InChI is InChI=1S/C6H2I2N2Te/c7-3-1-2-4(8)6-5(3)9-11-10-6/h1-2H. The molecule has 0 fully saturated rings. The molecular formula is C6H2I2N2Te. The fourth-order valence-electron chi connectivity index (χ4n) is 0.806. The van der Waals surface area contributed by atoms with Crippen LogP contribution in [-0.2, 0) is 0 Å². The van der Waals surface area contributed by atoms with Gasteiger partial charge in [-0.15, -0.1) is 0 Å². The minimum absolute atomic E-state index is 0.441. The molecule has 2 aromatic rings. The van der Waals surface area contributed by atoms with Gasteiger partial charge in [0.1, 0.15) is 0 Å². The van der Waals surface area contributed by atoms with Crippen LogP contribution in [0.4, 0.5) is 0 Å². The molecule has 0 aliphatic carbocycles. The Labute approximate surface area is 101 Å². The van der Waals surface area contributed by atoms with Crippen molar-refractivity contribution >= 4 is 77.2 Å². The van der Waals surface area contributed by atoms with Crippen molar-refractivity contribution in [2.45, 2.75) is 0 Å². The number of rotatable bonds is 0. The summed E-state index contributed by atoms with van der Waals surface area (Å²) >= 11 is 4.17. The van der Waals surface area contributed by atoms with Gasteiger partial charge >= 0.3 is 103 Å². The van der Waals surface area contributed by atoms with Gasteiger partial charge in [0.2, 0.25) is 0 Å². The predicted molar refractivity (Wildman–Crippen MR) is 61.9 cm³/mol. The van der Waals surface area contributed by atoms with Gasteiger partial charge in [-0.05, 0) is 0 Å². The second-order valence-corrected chi connectivity index (χ2v) is 5.82. The fraction of sp³-hybridized carbons (Fsp3) is 0. The molecule has 5 heteroatoms. The molecule has 0 N–H and O–H groups in total. The van der Waals surface area contributed by atoms with Crippen LogP contribution in [0.15, 0.2) is 12.1 Å². The zero-order valence-corrected chi connectivity index (χ0v) is 11.9. The van der Waals surface area contributed by atoms with Crippen LogP contribution in [-0.4, -0.2) is 27.4 Å². The summed E-state index contributed by atoms with van der Waals surface area (Å²) in [6.07, 6.45) is 0. The van der Waals surface area contributed by atoms with Crippen molar-refractivity contribution in [3.63, 3.8) is 0 Å². The Kier molecular flexibility index (Phi) is 2.71. The molecule has 0 saturated heterocycles. The Hall–Kier alpha value is 1.07. The number of benzene rings is 1. The SMILES string of the molecule is Ic1ccc(I)c2n[te]nc12. The van der Waals surface area contributed by atoms with Crippen molar-refractivity contribution in [3.8, 4) is 0 Å². The van der Waals surface area contributed by atoms with E-state index in [1.54, 1.807) is 0 Å². The van der Waals surface area contributed by atoms with Crippen LogP contribution < -0.4 is 0 Å². The molecule has 0 bridgehead atoms. The van der Waals surface area contributed by atoms with Gasteiger partial charge in [-0.2, -0.15) is 0 Å². The fourth-order valence-corrected chi connectivity index (χ4v) is 4.57. The van der Waals surface area contributed by atoms with Gasteiger partial charge < -0.3 is 0 Å². The number of fused-ring (bicyclic) bond motifs is 1. The Morgan fingerprint density at radius 1 is 1.00 bits per heavy atom. The van der Waals surface area contributed by atoms with Crippen LogP contribution in [0, 0.1) is 7.14 Å². The molecule has 1 aromatic carbocycles. The molecule has 0 atom stereocenters. The van der Waals surface area contributed by atoms with E-state index in [-0.39, 0.29) is 0 Å². The van der Waals surface area contributed by atoms with E-state index in [0.29, 0.717) is 0 Å².